The summed E-state index contributed by atoms with van der Waals surface area (Å²) >= 11 is 10.4. The van der Waals surface area contributed by atoms with Crippen LogP contribution in [0, 0.1) is 0 Å². The molecule has 16 heteroatoms. The Bertz CT molecular complexity index is 4580. The molecule has 86 heavy (non-hydrogen) atoms. The first-order valence-corrected chi connectivity index (χ1v) is 29.7. The number of furan rings is 3. The van der Waals surface area contributed by atoms with Crippen molar-refractivity contribution in [3.63, 3.8) is 0 Å². The van der Waals surface area contributed by atoms with E-state index in [4.69, 9.17) is 28.3 Å². The lowest BCUT2D eigenvalue weighted by Crippen LogP contribution is -2.29. The maximum absolute atomic E-state index is 9.24. The van der Waals surface area contributed by atoms with Crippen molar-refractivity contribution < 1.29 is 28.4 Å². The summed E-state index contributed by atoms with van der Waals surface area (Å²) in [6, 6.07) is 85.8. The molecule has 0 spiro atoms. The van der Waals surface area contributed by atoms with Crippen LogP contribution in [0.15, 0.2) is 283 Å². The predicted molar refractivity (Wildman–Crippen MR) is 361 cm³/mol. The third kappa shape index (κ3) is 12.3. The number of hydrogen-bond donors (Lipinski definition) is 4. The molecule has 0 saturated heterocycles. The Morgan fingerprint density at radius 3 is 1.05 bits per heavy atom. The average Bonchev–Trinajstić information content (AvgIpc) is 3.54. The van der Waals surface area contributed by atoms with Gasteiger partial charge in [-0.25, -0.2) is 19.9 Å². The Morgan fingerprint density at radius 2 is 0.651 bits per heavy atom. The highest BCUT2D eigenvalue weighted by molar-refractivity contribution is 9.10. The minimum absolute atomic E-state index is 0.397. The van der Waals surface area contributed by atoms with Crippen LogP contribution in [0.2, 0.25) is 0 Å². The lowest BCUT2D eigenvalue weighted by molar-refractivity contribution is 0.399. The van der Waals surface area contributed by atoms with Gasteiger partial charge >= 0.3 is 7.12 Å². The minimum atomic E-state index is -1.51. The molecule has 0 aliphatic heterocycles. The van der Waals surface area contributed by atoms with Crippen LogP contribution >= 0.6 is 44.5 Å². The average molecular weight is 1280 g/mol. The number of benzene rings is 8. The Morgan fingerprint density at radius 1 is 0.337 bits per heavy atom. The summed E-state index contributed by atoms with van der Waals surface area (Å²) in [5.41, 5.74) is 10.6. The molecule has 15 rings (SSSR count). The van der Waals surface area contributed by atoms with Crippen molar-refractivity contribution in [2.45, 2.75) is 0 Å². The van der Waals surface area contributed by atoms with E-state index in [-0.39, 0.29) is 0 Å². The molecule has 8 aromatic carbocycles. The van der Waals surface area contributed by atoms with Gasteiger partial charge in [0.1, 0.15) is 66.0 Å². The van der Waals surface area contributed by atoms with Gasteiger partial charge in [0, 0.05) is 67.4 Å². The van der Waals surface area contributed by atoms with E-state index in [9.17, 15) is 10.0 Å². The molecule has 0 atom stereocenters. The number of aromatic nitrogens is 4. The van der Waals surface area contributed by atoms with Crippen molar-refractivity contribution >= 4 is 158 Å². The Balaban J connectivity index is 0.000000154. The van der Waals surface area contributed by atoms with Gasteiger partial charge in [0.2, 0.25) is 0 Å². The molecular formula is C70H53BBr2N6O6S. The van der Waals surface area contributed by atoms with Crippen LogP contribution in [-0.2, 0) is 0 Å². The molecule has 7 heterocycles. The van der Waals surface area contributed by atoms with Crippen LogP contribution in [0.25, 0.3) is 88.3 Å². The fraction of sp³-hybridized carbons (Fsp3) is 0.0286. The number of pyridine rings is 4. The van der Waals surface area contributed by atoms with Crippen molar-refractivity contribution in [2.75, 3.05) is 23.2 Å². The normalized spacial score (nSPS) is 10.8. The summed E-state index contributed by atoms with van der Waals surface area (Å²) in [6.45, 7) is 0. The molecule has 0 fully saturated rings. The molecule has 0 aliphatic rings. The van der Waals surface area contributed by atoms with Gasteiger partial charge in [-0.15, -0.1) is 0 Å². The molecule has 15 aromatic rings. The molecule has 12 nitrogen and oxygen atoms in total. The van der Waals surface area contributed by atoms with E-state index in [1.165, 1.54) is 0 Å². The maximum atomic E-state index is 9.24. The van der Waals surface area contributed by atoms with Crippen molar-refractivity contribution in [3.8, 4) is 22.5 Å². The third-order valence-corrected chi connectivity index (χ3v) is 14.8. The highest BCUT2D eigenvalue weighted by Crippen LogP contribution is 2.41. The number of aliphatic hydroxyl groups is 1. The monoisotopic (exact) mass is 1270 g/mol. The van der Waals surface area contributed by atoms with Crippen molar-refractivity contribution in [1.29, 1.82) is 0 Å². The Kier molecular flexibility index (Phi) is 18.4. The van der Waals surface area contributed by atoms with Gasteiger partial charge in [0.05, 0.1) is 11.4 Å². The lowest BCUT2D eigenvalue weighted by Gasteiger charge is -2.24. The van der Waals surface area contributed by atoms with E-state index >= 15 is 0 Å². The number of halogens is 2. The summed E-state index contributed by atoms with van der Waals surface area (Å²) in [4.78, 5) is 23.6. The Labute approximate surface area is 518 Å². The fourth-order valence-corrected chi connectivity index (χ4v) is 10.9. The zero-order valence-electron chi connectivity index (χ0n) is 46.4. The predicted octanol–water partition coefficient (Wildman–Crippen LogP) is 18.0. The third-order valence-electron chi connectivity index (χ3n) is 13.9. The van der Waals surface area contributed by atoms with Crippen molar-refractivity contribution in [3.05, 3.63) is 270 Å². The van der Waals surface area contributed by atoms with E-state index in [2.05, 4.69) is 120 Å². The van der Waals surface area contributed by atoms with Crippen LogP contribution in [0.3, 0.4) is 0 Å². The van der Waals surface area contributed by atoms with Gasteiger partial charge in [-0.05, 0) is 141 Å². The number of thiol groups is 1. The minimum Gasteiger partial charge on any atom is -0.456 e. The number of anilines is 6. The number of para-hydroxylation sites is 8. The lowest BCUT2D eigenvalue weighted by atomic mass is 9.79. The van der Waals surface area contributed by atoms with Crippen molar-refractivity contribution in [1.82, 2.24) is 19.9 Å². The second-order valence-corrected chi connectivity index (χ2v) is 20.6. The van der Waals surface area contributed by atoms with Gasteiger partial charge in [-0.1, -0.05) is 158 Å². The molecule has 0 aliphatic carbocycles. The fourth-order valence-electron chi connectivity index (χ4n) is 10.2. The summed E-state index contributed by atoms with van der Waals surface area (Å²) in [5.74, 6) is 3.11. The number of nitrogens with zero attached hydrogens (tertiary/aromatic N) is 6. The summed E-state index contributed by atoms with van der Waals surface area (Å²) < 4.78 is 19.9. The first-order chi connectivity index (χ1) is 42.3. The van der Waals surface area contributed by atoms with Crippen LogP contribution in [0.1, 0.15) is 0 Å². The largest absolute Gasteiger partial charge is 0.492 e. The van der Waals surface area contributed by atoms with Crippen LogP contribution in [0.5, 0.6) is 0 Å². The standard InChI is InChI=1S/C40H25N3O2.C16H11Br2N3.C12H9BO3.CH4O.CH4S/c1-2-12-26(13-3-1)43(37-24-10-20-33(41-37)31-18-8-16-29-27-14-4-6-22-35(27)44-39(29)31)38-25-11-21-34(42-38)32-19-9-17-30-28-15-5-7-23-36(28)45-40(30)32;17-13-8-4-10-15(19-13)21(12-6-2-1-3-7-12)16-11-5-9-14(18)20-16;14-13(15)10-6-3-5-9-8-4-1-2-7-11(8)16-12(9)10;2*1-2/h1-25H;1-11H;1-7,14-15H;2*2H,1H3. The second-order valence-electron chi connectivity index (χ2n) is 19.0. The SMILES string of the molecule is Brc1cccc(N(c2ccccc2)c2cccc(Br)n2)n1.CO.CS.OB(O)c1cccc2c1oc1ccccc12.c1ccc(N(c2cccc(-c3cccc4c3oc3ccccc34)n2)c2cccc(-c3cccc4c3oc3ccccc34)n2)cc1. The molecular weight excluding hydrogens is 1220 g/mol. The second kappa shape index (κ2) is 27.1. The van der Waals surface area contributed by atoms with Gasteiger partial charge < -0.3 is 28.4 Å². The van der Waals surface area contributed by atoms with E-state index in [1.54, 1.807) is 18.4 Å². The molecule has 422 valence electrons. The Hall–Kier alpha value is -9.39. The zero-order valence-corrected chi connectivity index (χ0v) is 50.4. The number of fused-ring (bicyclic) bond motifs is 9. The molecule has 0 unspecified atom stereocenters. The molecule has 0 radical (unpaired) electrons. The van der Waals surface area contributed by atoms with E-state index in [1.807, 2.05) is 193 Å². The maximum Gasteiger partial charge on any atom is 0.492 e. The van der Waals surface area contributed by atoms with Gasteiger partial charge in [0.15, 0.2) is 0 Å². The summed E-state index contributed by atoms with van der Waals surface area (Å²) in [5, 5.41) is 31.7. The summed E-state index contributed by atoms with van der Waals surface area (Å²) in [6.07, 6.45) is 1.69. The van der Waals surface area contributed by atoms with E-state index in [0.717, 1.165) is 134 Å². The molecule has 0 saturated carbocycles. The summed E-state index contributed by atoms with van der Waals surface area (Å²) in [7, 11) is -0.510. The molecule has 3 N–H and O–H groups in total. The van der Waals surface area contributed by atoms with Gasteiger partial charge in [0.25, 0.3) is 0 Å². The van der Waals surface area contributed by atoms with Crippen LogP contribution in [0.4, 0.5) is 34.6 Å². The van der Waals surface area contributed by atoms with Crippen LogP contribution in [-0.4, -0.2) is 55.6 Å². The van der Waals surface area contributed by atoms with Gasteiger partial charge in [-0.3, -0.25) is 9.80 Å². The zero-order chi connectivity index (χ0) is 59.5. The van der Waals surface area contributed by atoms with Crippen LogP contribution < -0.4 is 15.3 Å². The molecule has 7 aromatic heterocycles. The highest BCUT2D eigenvalue weighted by Gasteiger charge is 2.22. The first-order valence-electron chi connectivity index (χ1n) is 27.2. The van der Waals surface area contributed by atoms with Gasteiger partial charge in [-0.2, -0.15) is 12.6 Å². The molecule has 0 bridgehead atoms. The smallest absolute Gasteiger partial charge is 0.456 e. The number of hydrogen-bond acceptors (Lipinski definition) is 13. The first kappa shape index (κ1) is 58.4. The van der Waals surface area contributed by atoms with E-state index in [0.29, 0.717) is 11.0 Å². The van der Waals surface area contributed by atoms with E-state index < -0.39 is 7.12 Å². The number of rotatable bonds is 9. The topological polar surface area (TPSA) is 158 Å². The molecule has 0 amide bonds. The number of aliphatic hydroxyl groups excluding tert-OH is 1. The highest BCUT2D eigenvalue weighted by atomic mass is 79.9. The quantitative estimate of drug-likeness (QED) is 0.0617. The van der Waals surface area contributed by atoms with Crippen molar-refractivity contribution in [2.24, 2.45) is 0 Å².